The van der Waals surface area contributed by atoms with Crippen LogP contribution >= 0.6 is 0 Å². The van der Waals surface area contributed by atoms with Gasteiger partial charge in [0.2, 0.25) is 10.0 Å². The summed E-state index contributed by atoms with van der Waals surface area (Å²) in [6.45, 7) is 8.30. The summed E-state index contributed by atoms with van der Waals surface area (Å²) in [4.78, 5) is 6.65. The highest BCUT2D eigenvalue weighted by Gasteiger charge is 2.29. The van der Waals surface area contributed by atoms with Gasteiger partial charge in [-0.25, -0.2) is 13.4 Å². The molecule has 1 aliphatic heterocycles. The molecule has 3 aromatic rings. The summed E-state index contributed by atoms with van der Waals surface area (Å²) < 4.78 is 33.2. The van der Waals surface area contributed by atoms with Crippen LogP contribution in [0.25, 0.3) is 11.3 Å². The number of rotatable bonds is 4. The van der Waals surface area contributed by atoms with Crippen molar-refractivity contribution in [2.24, 2.45) is 0 Å². The molecule has 7 heteroatoms. The minimum Gasteiger partial charge on any atom is -0.441 e. The Labute approximate surface area is 171 Å². The summed E-state index contributed by atoms with van der Waals surface area (Å²) in [5.74, 6) is 1.21. The molecule has 6 nitrogen and oxygen atoms in total. The molecule has 0 bridgehead atoms. The van der Waals surface area contributed by atoms with E-state index in [2.05, 4.69) is 41.9 Å². The summed E-state index contributed by atoms with van der Waals surface area (Å²) in [7, 11) is -3.52. The normalized spacial score (nSPS) is 15.6. The molecule has 4 rings (SSSR count). The first-order chi connectivity index (χ1) is 13.9. The Morgan fingerprint density at radius 3 is 2.24 bits per heavy atom. The van der Waals surface area contributed by atoms with Crippen LogP contribution < -0.4 is 4.90 Å². The average Bonchev–Trinajstić information content (AvgIpc) is 3.17. The van der Waals surface area contributed by atoms with E-state index in [-0.39, 0.29) is 0 Å². The standard InChI is InChI=1S/C22H25N3O3S/c1-16-5-4-6-21(17(16)2)24-11-13-25(14-12-24)29(26,27)20-9-7-19(8-10-20)22-15-23-18(3)28-22/h4-10,15H,11-14H2,1-3H3. The van der Waals surface area contributed by atoms with Crippen molar-refractivity contribution in [3.05, 3.63) is 65.7 Å². The van der Waals surface area contributed by atoms with E-state index in [0.717, 1.165) is 5.56 Å². The highest BCUT2D eigenvalue weighted by atomic mass is 32.2. The Morgan fingerprint density at radius 2 is 1.62 bits per heavy atom. The zero-order valence-corrected chi connectivity index (χ0v) is 17.7. The molecule has 0 radical (unpaired) electrons. The van der Waals surface area contributed by atoms with Crippen molar-refractivity contribution in [2.75, 3.05) is 31.1 Å². The molecule has 0 atom stereocenters. The average molecular weight is 412 g/mol. The first kappa shape index (κ1) is 19.7. The molecule has 152 valence electrons. The van der Waals surface area contributed by atoms with Crippen LogP contribution in [0.4, 0.5) is 5.69 Å². The van der Waals surface area contributed by atoms with Crippen LogP contribution in [-0.2, 0) is 10.0 Å². The highest BCUT2D eigenvalue weighted by molar-refractivity contribution is 7.89. The second kappa shape index (κ2) is 7.65. The molecule has 1 aliphatic rings. The van der Waals surface area contributed by atoms with Crippen LogP contribution in [0.5, 0.6) is 0 Å². The quantitative estimate of drug-likeness (QED) is 0.654. The van der Waals surface area contributed by atoms with E-state index in [0.29, 0.717) is 42.7 Å². The number of anilines is 1. The fraction of sp³-hybridized carbons (Fsp3) is 0.318. The van der Waals surface area contributed by atoms with Crippen LogP contribution in [0.1, 0.15) is 17.0 Å². The van der Waals surface area contributed by atoms with Gasteiger partial charge in [0, 0.05) is 44.4 Å². The number of aryl methyl sites for hydroxylation is 2. The number of hydrogen-bond acceptors (Lipinski definition) is 5. The third-order valence-corrected chi connectivity index (χ3v) is 7.47. The monoisotopic (exact) mass is 411 g/mol. The van der Waals surface area contributed by atoms with Gasteiger partial charge in [-0.05, 0) is 55.3 Å². The lowest BCUT2D eigenvalue weighted by Gasteiger charge is -2.36. The maximum atomic E-state index is 13.1. The molecule has 2 aromatic carbocycles. The number of piperazine rings is 1. The van der Waals surface area contributed by atoms with Gasteiger partial charge in [0.15, 0.2) is 11.7 Å². The highest BCUT2D eigenvalue weighted by Crippen LogP contribution is 2.27. The summed E-state index contributed by atoms with van der Waals surface area (Å²) in [5, 5.41) is 0. The molecule has 0 aliphatic carbocycles. The molecular weight excluding hydrogens is 386 g/mol. The number of benzene rings is 2. The van der Waals surface area contributed by atoms with E-state index in [1.165, 1.54) is 16.8 Å². The first-order valence-electron chi connectivity index (χ1n) is 9.70. The Hall–Kier alpha value is -2.64. The summed E-state index contributed by atoms with van der Waals surface area (Å²) in [5.41, 5.74) is 4.50. The van der Waals surface area contributed by atoms with E-state index in [9.17, 15) is 8.42 Å². The molecule has 1 saturated heterocycles. The molecule has 0 amide bonds. The van der Waals surface area contributed by atoms with E-state index in [1.54, 1.807) is 41.7 Å². The Bertz CT molecular complexity index is 1110. The largest absolute Gasteiger partial charge is 0.441 e. The summed E-state index contributed by atoms with van der Waals surface area (Å²) in [6.07, 6.45) is 1.64. The second-order valence-corrected chi connectivity index (χ2v) is 9.32. The Kier molecular flexibility index (Phi) is 5.19. The van der Waals surface area contributed by atoms with Gasteiger partial charge in [-0.3, -0.25) is 0 Å². The van der Waals surface area contributed by atoms with Gasteiger partial charge in [-0.1, -0.05) is 12.1 Å². The third kappa shape index (κ3) is 3.80. The van der Waals surface area contributed by atoms with Gasteiger partial charge in [-0.2, -0.15) is 4.31 Å². The predicted octanol–water partition coefficient (Wildman–Crippen LogP) is 3.78. The van der Waals surface area contributed by atoms with E-state index in [1.807, 2.05) is 0 Å². The SMILES string of the molecule is Cc1ncc(-c2ccc(S(=O)(=O)N3CCN(c4cccc(C)c4C)CC3)cc2)o1. The third-order valence-electron chi connectivity index (χ3n) is 5.55. The van der Waals surface area contributed by atoms with Crippen LogP contribution in [0.2, 0.25) is 0 Å². The molecular formula is C22H25N3O3S. The molecule has 0 N–H and O–H groups in total. The lowest BCUT2D eigenvalue weighted by Crippen LogP contribution is -2.48. The lowest BCUT2D eigenvalue weighted by molar-refractivity contribution is 0.384. The van der Waals surface area contributed by atoms with E-state index >= 15 is 0 Å². The number of nitrogens with zero attached hydrogens (tertiary/aromatic N) is 3. The molecule has 29 heavy (non-hydrogen) atoms. The van der Waals surface area contributed by atoms with Crippen molar-refractivity contribution in [1.29, 1.82) is 0 Å². The summed E-state index contributed by atoms with van der Waals surface area (Å²) in [6, 6.07) is 13.1. The maximum Gasteiger partial charge on any atom is 0.243 e. The van der Waals surface area contributed by atoms with Crippen molar-refractivity contribution in [1.82, 2.24) is 9.29 Å². The van der Waals surface area contributed by atoms with Crippen molar-refractivity contribution in [3.63, 3.8) is 0 Å². The van der Waals surface area contributed by atoms with Crippen LogP contribution in [0, 0.1) is 20.8 Å². The summed E-state index contributed by atoms with van der Waals surface area (Å²) >= 11 is 0. The van der Waals surface area contributed by atoms with Crippen LogP contribution in [-0.4, -0.2) is 43.9 Å². The fourth-order valence-electron chi connectivity index (χ4n) is 3.68. The van der Waals surface area contributed by atoms with Crippen molar-refractivity contribution < 1.29 is 12.8 Å². The topological polar surface area (TPSA) is 66.7 Å². The molecule has 1 fully saturated rings. The smallest absolute Gasteiger partial charge is 0.243 e. The molecule has 0 spiro atoms. The van der Waals surface area contributed by atoms with Gasteiger partial charge >= 0.3 is 0 Å². The minimum absolute atomic E-state index is 0.303. The lowest BCUT2D eigenvalue weighted by atomic mass is 10.1. The van der Waals surface area contributed by atoms with Crippen molar-refractivity contribution in [2.45, 2.75) is 25.7 Å². The number of sulfonamides is 1. The number of hydrogen-bond donors (Lipinski definition) is 0. The molecule has 0 saturated carbocycles. The zero-order chi connectivity index (χ0) is 20.6. The van der Waals surface area contributed by atoms with Gasteiger partial charge in [0.1, 0.15) is 0 Å². The van der Waals surface area contributed by atoms with E-state index < -0.39 is 10.0 Å². The van der Waals surface area contributed by atoms with Crippen LogP contribution in [0.15, 0.2) is 58.0 Å². The van der Waals surface area contributed by atoms with Crippen molar-refractivity contribution in [3.8, 4) is 11.3 Å². The molecule has 1 aromatic heterocycles. The second-order valence-electron chi connectivity index (χ2n) is 7.38. The van der Waals surface area contributed by atoms with Crippen LogP contribution in [0.3, 0.4) is 0 Å². The Balaban J connectivity index is 1.48. The molecule has 0 unspecified atom stereocenters. The van der Waals surface area contributed by atoms with Crippen molar-refractivity contribution >= 4 is 15.7 Å². The Morgan fingerprint density at radius 1 is 0.931 bits per heavy atom. The minimum atomic E-state index is -3.52. The molecule has 2 heterocycles. The predicted molar refractivity (Wildman–Crippen MR) is 114 cm³/mol. The zero-order valence-electron chi connectivity index (χ0n) is 16.9. The van der Waals surface area contributed by atoms with Gasteiger partial charge in [-0.15, -0.1) is 0 Å². The number of oxazole rings is 1. The van der Waals surface area contributed by atoms with Gasteiger partial charge in [0.25, 0.3) is 0 Å². The maximum absolute atomic E-state index is 13.1. The van der Waals surface area contributed by atoms with Gasteiger partial charge < -0.3 is 9.32 Å². The number of aromatic nitrogens is 1. The first-order valence-corrected chi connectivity index (χ1v) is 11.1. The van der Waals surface area contributed by atoms with E-state index in [4.69, 9.17) is 4.42 Å². The fourth-order valence-corrected chi connectivity index (χ4v) is 5.10. The van der Waals surface area contributed by atoms with Gasteiger partial charge in [0.05, 0.1) is 11.1 Å².